The number of carbonyl (C=O) groups is 1. The molecule has 2 rings (SSSR count). The Labute approximate surface area is 146 Å². The Morgan fingerprint density at radius 1 is 0.654 bits per heavy atom. The summed E-state index contributed by atoms with van der Waals surface area (Å²) in [4.78, 5) is 11.8. The zero-order chi connectivity index (χ0) is 19.6. The first-order chi connectivity index (χ1) is 12.2. The van der Waals surface area contributed by atoms with Gasteiger partial charge in [-0.05, 0) is 0 Å². The predicted molar refractivity (Wildman–Crippen MR) is 75.1 cm³/mol. The van der Waals surface area contributed by atoms with E-state index in [4.69, 9.17) is 19.7 Å². The molecule has 0 aromatic carbocycles. The van der Waals surface area contributed by atoms with Crippen LogP contribution in [0.2, 0.25) is 0 Å². The average molecular weight is 386 g/mol. The fraction of sp³-hybridized carbons (Fsp3) is 0.923. The second kappa shape index (κ2) is 8.71. The molecule has 2 saturated heterocycles. The Bertz CT molecular complexity index is 431. The molecule has 26 heavy (non-hydrogen) atoms. The molecule has 0 aliphatic carbocycles. The summed E-state index contributed by atoms with van der Waals surface area (Å²) in [5.74, 6) is 0. The zero-order valence-electron chi connectivity index (χ0n) is 13.3. The molecule has 10 atom stereocenters. The van der Waals surface area contributed by atoms with Gasteiger partial charge in [-0.2, -0.15) is 0 Å². The number of aliphatic hydroxyl groups is 8. The van der Waals surface area contributed by atoms with Crippen LogP contribution < -0.4 is 0 Å². The summed E-state index contributed by atoms with van der Waals surface area (Å²) in [6.45, 7) is -1.49. The fourth-order valence-corrected chi connectivity index (χ4v) is 2.55. The van der Waals surface area contributed by atoms with Crippen molar-refractivity contribution in [1.29, 1.82) is 0 Å². The van der Waals surface area contributed by atoms with E-state index < -0.39 is 80.8 Å². The van der Waals surface area contributed by atoms with Crippen LogP contribution in [0.3, 0.4) is 0 Å². The van der Waals surface area contributed by atoms with Crippen molar-refractivity contribution in [2.75, 3.05) is 13.2 Å². The molecular weight excluding hydrogens is 364 g/mol. The molecular formula is C13H22O13. The molecule has 0 saturated carbocycles. The van der Waals surface area contributed by atoms with E-state index in [9.17, 15) is 35.4 Å². The molecule has 13 nitrogen and oxygen atoms in total. The molecule has 2 aliphatic heterocycles. The van der Waals surface area contributed by atoms with Gasteiger partial charge in [0.25, 0.3) is 0 Å². The van der Waals surface area contributed by atoms with Crippen LogP contribution in [0, 0.1) is 0 Å². The van der Waals surface area contributed by atoms with Gasteiger partial charge < -0.3 is 59.8 Å². The van der Waals surface area contributed by atoms with E-state index in [-0.39, 0.29) is 0 Å². The molecule has 2 aliphatic rings. The molecule has 0 amide bonds. The summed E-state index contributed by atoms with van der Waals surface area (Å²) >= 11 is 0. The van der Waals surface area contributed by atoms with Gasteiger partial charge in [-0.15, -0.1) is 0 Å². The smallest absolute Gasteiger partial charge is 0.401 e. The van der Waals surface area contributed by atoms with Crippen LogP contribution >= 0.6 is 0 Å². The largest absolute Gasteiger partial charge is 0.513 e. The molecule has 0 aromatic rings. The summed E-state index contributed by atoms with van der Waals surface area (Å²) < 4.78 is 19.1. The lowest BCUT2D eigenvalue weighted by Crippen LogP contribution is -2.61. The van der Waals surface area contributed by atoms with Crippen LogP contribution in [-0.4, -0.2) is 122 Å². The van der Waals surface area contributed by atoms with Crippen molar-refractivity contribution in [3.8, 4) is 0 Å². The number of ether oxygens (including phenoxy) is 4. The van der Waals surface area contributed by atoms with E-state index in [0.717, 1.165) is 0 Å². The van der Waals surface area contributed by atoms with E-state index in [1.165, 1.54) is 0 Å². The molecule has 0 unspecified atom stereocenters. The van der Waals surface area contributed by atoms with Gasteiger partial charge in [0.2, 0.25) is 12.6 Å². The van der Waals surface area contributed by atoms with Gasteiger partial charge >= 0.3 is 6.16 Å². The van der Waals surface area contributed by atoms with Gasteiger partial charge in [0, 0.05) is 0 Å². The fourth-order valence-electron chi connectivity index (χ4n) is 2.55. The van der Waals surface area contributed by atoms with Crippen molar-refractivity contribution in [2.45, 2.75) is 61.4 Å². The van der Waals surface area contributed by atoms with Crippen molar-refractivity contribution in [2.24, 2.45) is 0 Å². The first-order valence-corrected chi connectivity index (χ1v) is 7.69. The minimum Gasteiger partial charge on any atom is -0.401 e. The van der Waals surface area contributed by atoms with Crippen molar-refractivity contribution in [3.05, 3.63) is 0 Å². The topological polar surface area (TPSA) is 216 Å². The van der Waals surface area contributed by atoms with Gasteiger partial charge in [0.1, 0.15) is 48.8 Å². The Morgan fingerprint density at radius 3 is 1.31 bits per heavy atom. The third kappa shape index (κ3) is 4.23. The maximum Gasteiger partial charge on any atom is 0.513 e. The van der Waals surface area contributed by atoms with Gasteiger partial charge in [0.05, 0.1) is 13.2 Å². The molecule has 2 heterocycles. The number of carbonyl (C=O) groups excluding carboxylic acids is 1. The maximum absolute atomic E-state index is 11.8. The van der Waals surface area contributed by atoms with E-state index in [1.807, 2.05) is 0 Å². The number of hydrogen-bond donors (Lipinski definition) is 8. The van der Waals surface area contributed by atoms with E-state index in [0.29, 0.717) is 0 Å². The molecule has 0 aromatic heterocycles. The standard InChI is InChI=1S/C13H22O13/c14-1-3-5(16)7(18)9(20)11(23-3)25-13(22)26-12-10(21)8(19)6(17)4(2-15)24-12/h3-12,14-21H,1-2H2/t3-,4-,5-,6-,7+,8+,9-,10-,11+,12+/m1/s1. The van der Waals surface area contributed by atoms with Crippen LogP contribution in [0.1, 0.15) is 0 Å². The summed E-state index contributed by atoms with van der Waals surface area (Å²) in [6, 6.07) is 0. The van der Waals surface area contributed by atoms with E-state index >= 15 is 0 Å². The summed E-state index contributed by atoms with van der Waals surface area (Å²) in [7, 11) is 0. The highest BCUT2D eigenvalue weighted by atomic mass is 16.8. The van der Waals surface area contributed by atoms with Crippen molar-refractivity contribution in [1.82, 2.24) is 0 Å². The normalized spacial score (nSPS) is 46.6. The molecule has 13 heteroatoms. The SMILES string of the molecule is O=C(O[C@@H]1O[C@H](CO)[C@@H](O)[C@H](O)[C@H]1O)O[C@@H]1O[C@H](CO)[C@@H](O)[C@H](O)[C@H]1O. The van der Waals surface area contributed by atoms with E-state index in [2.05, 4.69) is 9.47 Å². The second-order valence-electron chi connectivity index (χ2n) is 5.88. The number of hydrogen-bond acceptors (Lipinski definition) is 13. The van der Waals surface area contributed by atoms with Crippen molar-refractivity contribution < 1.29 is 64.6 Å². The van der Waals surface area contributed by atoms with Gasteiger partial charge in [-0.1, -0.05) is 0 Å². The number of rotatable bonds is 4. The summed E-state index contributed by atoms with van der Waals surface area (Å²) in [5, 5.41) is 76.0. The molecule has 8 N–H and O–H groups in total. The lowest BCUT2D eigenvalue weighted by molar-refractivity contribution is -0.309. The van der Waals surface area contributed by atoms with E-state index in [1.54, 1.807) is 0 Å². The number of aliphatic hydroxyl groups excluding tert-OH is 8. The Balaban J connectivity index is 1.97. The third-order valence-electron chi connectivity index (χ3n) is 4.12. The van der Waals surface area contributed by atoms with Crippen molar-refractivity contribution >= 4 is 6.16 Å². The van der Waals surface area contributed by atoms with Crippen molar-refractivity contribution in [3.63, 3.8) is 0 Å². The quantitative estimate of drug-likeness (QED) is 0.212. The lowest BCUT2D eigenvalue weighted by atomic mass is 9.99. The van der Waals surface area contributed by atoms with Gasteiger partial charge in [-0.25, -0.2) is 4.79 Å². The lowest BCUT2D eigenvalue weighted by Gasteiger charge is -2.40. The monoisotopic (exact) mass is 386 g/mol. The molecule has 0 spiro atoms. The van der Waals surface area contributed by atoms with Crippen LogP contribution in [-0.2, 0) is 18.9 Å². The summed E-state index contributed by atoms with van der Waals surface area (Å²) in [6.07, 6.45) is -18.4. The summed E-state index contributed by atoms with van der Waals surface area (Å²) in [5.41, 5.74) is 0. The molecule has 2 fully saturated rings. The van der Waals surface area contributed by atoms with Gasteiger partial charge in [-0.3, -0.25) is 0 Å². The highest BCUT2D eigenvalue weighted by molar-refractivity contribution is 5.60. The van der Waals surface area contributed by atoms with Crippen LogP contribution in [0.25, 0.3) is 0 Å². The molecule has 152 valence electrons. The Morgan fingerprint density at radius 2 is 1.00 bits per heavy atom. The predicted octanol–water partition coefficient (Wildman–Crippen LogP) is -5.26. The second-order valence-corrected chi connectivity index (χ2v) is 5.88. The maximum atomic E-state index is 11.8. The van der Waals surface area contributed by atoms with Gasteiger partial charge in [0.15, 0.2) is 0 Å². The van der Waals surface area contributed by atoms with Crippen LogP contribution in [0.4, 0.5) is 4.79 Å². The Kier molecular flexibility index (Phi) is 7.09. The first-order valence-electron chi connectivity index (χ1n) is 7.69. The minimum absolute atomic E-state index is 0.743. The zero-order valence-corrected chi connectivity index (χ0v) is 13.3. The minimum atomic E-state index is -1.87. The van der Waals surface area contributed by atoms with Crippen LogP contribution in [0.15, 0.2) is 0 Å². The van der Waals surface area contributed by atoms with Crippen LogP contribution in [0.5, 0.6) is 0 Å². The Hall–Kier alpha value is -1.13. The molecule has 0 radical (unpaired) electrons. The third-order valence-corrected chi connectivity index (χ3v) is 4.12. The first kappa shape index (κ1) is 21.2. The molecule has 0 bridgehead atoms. The highest BCUT2D eigenvalue weighted by Crippen LogP contribution is 2.25. The average Bonchev–Trinajstić information content (AvgIpc) is 2.62. The highest BCUT2D eigenvalue weighted by Gasteiger charge is 2.48.